The molecular weight excluding hydrogens is 406 g/mol. The molecule has 2 aromatic rings. The van der Waals surface area contributed by atoms with Gasteiger partial charge in [0.05, 0.1) is 12.1 Å². The van der Waals surface area contributed by atoms with Crippen molar-refractivity contribution in [2.75, 3.05) is 27.2 Å². The Hall–Kier alpha value is -3.06. The predicted molar refractivity (Wildman–Crippen MR) is 122 cm³/mol. The second-order valence-electron chi connectivity index (χ2n) is 8.73. The molecule has 2 atom stereocenters. The SMILES string of the molecule is Cc1cc(C(=O)C2C(=O)C(=O)N(CCCN(C)C)C2c2ccncc2)ccc1OC(C)C. The van der Waals surface area contributed by atoms with Crippen molar-refractivity contribution in [3.8, 4) is 5.75 Å². The molecule has 0 radical (unpaired) electrons. The van der Waals surface area contributed by atoms with Crippen LogP contribution in [0.15, 0.2) is 42.7 Å². The Morgan fingerprint density at radius 2 is 1.84 bits per heavy atom. The van der Waals surface area contributed by atoms with Gasteiger partial charge in [0.1, 0.15) is 11.7 Å². The Kier molecular flexibility index (Phi) is 7.40. The molecule has 1 aliphatic heterocycles. The molecule has 2 heterocycles. The van der Waals surface area contributed by atoms with E-state index in [4.69, 9.17) is 4.74 Å². The second-order valence-corrected chi connectivity index (χ2v) is 8.73. The van der Waals surface area contributed by atoms with Gasteiger partial charge >= 0.3 is 0 Å². The number of pyridine rings is 1. The maximum absolute atomic E-state index is 13.5. The van der Waals surface area contributed by atoms with Gasteiger partial charge in [0, 0.05) is 24.5 Å². The van der Waals surface area contributed by atoms with E-state index in [1.807, 2.05) is 39.8 Å². The zero-order valence-electron chi connectivity index (χ0n) is 19.4. The van der Waals surface area contributed by atoms with E-state index >= 15 is 0 Å². The molecule has 1 amide bonds. The largest absolute Gasteiger partial charge is 0.491 e. The molecule has 32 heavy (non-hydrogen) atoms. The number of ether oxygens (including phenoxy) is 1. The lowest BCUT2D eigenvalue weighted by atomic mass is 9.86. The molecule has 0 saturated carbocycles. The Morgan fingerprint density at radius 3 is 2.44 bits per heavy atom. The Labute approximate surface area is 189 Å². The molecule has 0 N–H and O–H groups in total. The van der Waals surface area contributed by atoms with Crippen LogP contribution >= 0.6 is 0 Å². The molecule has 0 aliphatic carbocycles. The minimum Gasteiger partial charge on any atom is -0.491 e. The van der Waals surface area contributed by atoms with E-state index in [-0.39, 0.29) is 11.9 Å². The Bertz CT molecular complexity index is 988. The minimum absolute atomic E-state index is 0.0103. The highest BCUT2D eigenvalue weighted by Crippen LogP contribution is 2.38. The van der Waals surface area contributed by atoms with E-state index in [1.54, 1.807) is 47.6 Å². The third kappa shape index (κ3) is 5.05. The van der Waals surface area contributed by atoms with Gasteiger partial charge in [-0.05, 0) is 89.3 Å². The maximum Gasteiger partial charge on any atom is 0.291 e. The summed E-state index contributed by atoms with van der Waals surface area (Å²) in [6.45, 7) is 6.91. The van der Waals surface area contributed by atoms with Gasteiger partial charge in [0.2, 0.25) is 5.78 Å². The van der Waals surface area contributed by atoms with Gasteiger partial charge in [-0.2, -0.15) is 0 Å². The van der Waals surface area contributed by atoms with Crippen molar-refractivity contribution < 1.29 is 19.1 Å². The standard InChI is InChI=1S/C25H31N3O4/c1-16(2)32-20-8-7-19(15-17(20)3)23(29)21-22(18-9-11-26-12-10-18)28(25(31)24(21)30)14-6-13-27(4)5/h7-12,15-16,21-22H,6,13-14H2,1-5H3. The summed E-state index contributed by atoms with van der Waals surface area (Å²) in [5.74, 6) is -1.98. The van der Waals surface area contributed by atoms with Gasteiger partial charge in [-0.1, -0.05) is 0 Å². The lowest BCUT2D eigenvalue weighted by Crippen LogP contribution is -2.33. The van der Waals surface area contributed by atoms with Crippen LogP contribution in [0.5, 0.6) is 5.75 Å². The fraction of sp³-hybridized carbons (Fsp3) is 0.440. The second kappa shape index (κ2) is 10.0. The lowest BCUT2D eigenvalue weighted by Gasteiger charge is -2.27. The Balaban J connectivity index is 1.95. The summed E-state index contributed by atoms with van der Waals surface area (Å²) in [5, 5.41) is 0. The summed E-state index contributed by atoms with van der Waals surface area (Å²) >= 11 is 0. The smallest absolute Gasteiger partial charge is 0.291 e. The topological polar surface area (TPSA) is 79.8 Å². The molecular formula is C25H31N3O4. The number of aryl methyl sites for hydroxylation is 1. The minimum atomic E-state index is -1.08. The van der Waals surface area contributed by atoms with Crippen LogP contribution in [0, 0.1) is 12.8 Å². The van der Waals surface area contributed by atoms with Gasteiger partial charge in [-0.3, -0.25) is 19.4 Å². The van der Waals surface area contributed by atoms with Crippen molar-refractivity contribution in [1.29, 1.82) is 0 Å². The van der Waals surface area contributed by atoms with Crippen LogP contribution in [-0.2, 0) is 9.59 Å². The zero-order valence-corrected chi connectivity index (χ0v) is 19.4. The van der Waals surface area contributed by atoms with Crippen LogP contribution in [0.3, 0.4) is 0 Å². The molecule has 1 fully saturated rings. The van der Waals surface area contributed by atoms with Gasteiger partial charge in [0.25, 0.3) is 5.91 Å². The molecule has 0 spiro atoms. The van der Waals surface area contributed by atoms with E-state index in [1.165, 1.54) is 0 Å². The number of nitrogens with zero attached hydrogens (tertiary/aromatic N) is 3. The van der Waals surface area contributed by atoms with Crippen LogP contribution in [0.4, 0.5) is 0 Å². The maximum atomic E-state index is 13.5. The van der Waals surface area contributed by atoms with E-state index in [0.29, 0.717) is 24.3 Å². The monoisotopic (exact) mass is 437 g/mol. The summed E-state index contributed by atoms with van der Waals surface area (Å²) in [6.07, 6.45) is 3.94. The third-order valence-corrected chi connectivity index (χ3v) is 5.56. The number of benzene rings is 1. The van der Waals surface area contributed by atoms with Crippen molar-refractivity contribution >= 4 is 17.5 Å². The van der Waals surface area contributed by atoms with Crippen LogP contribution in [0.1, 0.15) is 47.8 Å². The highest BCUT2D eigenvalue weighted by Gasteiger charge is 2.51. The average molecular weight is 438 g/mol. The van der Waals surface area contributed by atoms with Crippen molar-refractivity contribution in [3.05, 3.63) is 59.4 Å². The average Bonchev–Trinajstić information content (AvgIpc) is 2.99. The van der Waals surface area contributed by atoms with Crippen LogP contribution in [-0.4, -0.2) is 65.5 Å². The molecule has 7 heteroatoms. The molecule has 1 aliphatic rings. The molecule has 7 nitrogen and oxygen atoms in total. The van der Waals surface area contributed by atoms with Crippen LogP contribution in [0.2, 0.25) is 0 Å². The molecule has 1 saturated heterocycles. The van der Waals surface area contributed by atoms with E-state index in [0.717, 1.165) is 17.7 Å². The van der Waals surface area contributed by atoms with Crippen LogP contribution in [0.25, 0.3) is 0 Å². The van der Waals surface area contributed by atoms with Crippen LogP contribution < -0.4 is 4.74 Å². The summed E-state index contributed by atoms with van der Waals surface area (Å²) in [7, 11) is 3.91. The van der Waals surface area contributed by atoms with Crippen molar-refractivity contribution in [1.82, 2.24) is 14.8 Å². The molecule has 0 bridgehead atoms. The molecule has 3 rings (SSSR count). The number of hydrogen-bond acceptors (Lipinski definition) is 6. The number of carbonyl (C=O) groups excluding carboxylic acids is 3. The number of ketones is 2. The quantitative estimate of drug-likeness (QED) is 0.341. The first kappa shape index (κ1) is 23.6. The summed E-state index contributed by atoms with van der Waals surface area (Å²) in [6, 6.07) is 8.04. The number of rotatable bonds is 9. The van der Waals surface area contributed by atoms with Gasteiger partial charge in [-0.25, -0.2) is 0 Å². The summed E-state index contributed by atoms with van der Waals surface area (Å²) < 4.78 is 5.76. The lowest BCUT2D eigenvalue weighted by molar-refractivity contribution is -0.140. The van der Waals surface area contributed by atoms with E-state index < -0.39 is 23.7 Å². The molecule has 2 unspecified atom stereocenters. The highest BCUT2D eigenvalue weighted by atomic mass is 16.5. The molecule has 1 aromatic heterocycles. The number of hydrogen-bond donors (Lipinski definition) is 0. The normalized spacial score (nSPS) is 18.7. The fourth-order valence-electron chi connectivity index (χ4n) is 4.09. The van der Waals surface area contributed by atoms with Gasteiger partial charge in [0.15, 0.2) is 5.78 Å². The number of amides is 1. The molecule has 1 aromatic carbocycles. The third-order valence-electron chi connectivity index (χ3n) is 5.56. The number of likely N-dealkylation sites (tertiary alicyclic amines) is 1. The first-order valence-electron chi connectivity index (χ1n) is 10.9. The number of carbonyl (C=O) groups is 3. The molecule has 170 valence electrons. The predicted octanol–water partition coefficient (Wildman–Crippen LogP) is 3.08. The number of Topliss-reactive ketones (excluding diaryl/α,β-unsaturated/α-hetero) is 2. The van der Waals surface area contributed by atoms with E-state index in [2.05, 4.69) is 4.98 Å². The first-order valence-corrected chi connectivity index (χ1v) is 10.9. The fourth-order valence-corrected chi connectivity index (χ4v) is 4.09. The highest BCUT2D eigenvalue weighted by molar-refractivity contribution is 6.44. The number of aromatic nitrogens is 1. The van der Waals surface area contributed by atoms with Gasteiger partial charge < -0.3 is 14.5 Å². The zero-order chi connectivity index (χ0) is 23.4. The summed E-state index contributed by atoms with van der Waals surface area (Å²) in [5.41, 5.74) is 1.95. The first-order chi connectivity index (χ1) is 15.2. The van der Waals surface area contributed by atoms with Gasteiger partial charge in [-0.15, -0.1) is 0 Å². The van der Waals surface area contributed by atoms with Crippen molar-refractivity contribution in [3.63, 3.8) is 0 Å². The van der Waals surface area contributed by atoms with Crippen molar-refractivity contribution in [2.45, 2.75) is 39.3 Å². The van der Waals surface area contributed by atoms with E-state index in [9.17, 15) is 14.4 Å². The Morgan fingerprint density at radius 1 is 1.16 bits per heavy atom. The van der Waals surface area contributed by atoms with Crippen molar-refractivity contribution in [2.24, 2.45) is 5.92 Å². The summed E-state index contributed by atoms with van der Waals surface area (Å²) in [4.78, 5) is 47.1.